The molecule has 0 radical (unpaired) electrons. The SMILES string of the molecule is CN1CCN(C(=O)/C(C#N)=C\NCCCN2CCOCC2)CC1. The Hall–Kier alpha value is -1.62. The summed E-state index contributed by atoms with van der Waals surface area (Å²) in [4.78, 5) is 18.6. The molecule has 0 aromatic carbocycles. The van der Waals surface area contributed by atoms with Gasteiger partial charge in [-0.15, -0.1) is 0 Å². The van der Waals surface area contributed by atoms with Crippen molar-refractivity contribution in [1.82, 2.24) is 20.0 Å². The number of nitrogens with one attached hydrogen (secondary N) is 1. The number of hydrogen-bond donors (Lipinski definition) is 1. The Morgan fingerprint density at radius 1 is 1.22 bits per heavy atom. The predicted molar refractivity (Wildman–Crippen MR) is 87.7 cm³/mol. The van der Waals surface area contributed by atoms with Crippen molar-refractivity contribution < 1.29 is 9.53 Å². The van der Waals surface area contributed by atoms with E-state index in [1.54, 1.807) is 11.1 Å². The fraction of sp³-hybridized carbons (Fsp3) is 0.750. The van der Waals surface area contributed by atoms with Crippen LogP contribution in [0.3, 0.4) is 0 Å². The third-order valence-electron chi connectivity index (χ3n) is 4.29. The monoisotopic (exact) mass is 321 g/mol. The number of nitriles is 1. The molecule has 1 amide bonds. The molecule has 2 saturated heterocycles. The van der Waals surface area contributed by atoms with Crippen LogP contribution >= 0.6 is 0 Å². The molecule has 2 aliphatic heterocycles. The predicted octanol–water partition coefficient (Wildman–Crippen LogP) is -0.520. The number of nitrogens with zero attached hydrogens (tertiary/aromatic N) is 4. The molecule has 7 nitrogen and oxygen atoms in total. The van der Waals surface area contributed by atoms with Gasteiger partial charge in [-0.05, 0) is 20.0 Å². The van der Waals surface area contributed by atoms with Crippen molar-refractivity contribution in [2.24, 2.45) is 0 Å². The van der Waals surface area contributed by atoms with E-state index in [0.29, 0.717) is 13.1 Å². The summed E-state index contributed by atoms with van der Waals surface area (Å²) < 4.78 is 5.32. The summed E-state index contributed by atoms with van der Waals surface area (Å²) in [6.45, 7) is 8.46. The highest BCUT2D eigenvalue weighted by Crippen LogP contribution is 2.05. The fourth-order valence-corrected chi connectivity index (χ4v) is 2.73. The topological polar surface area (TPSA) is 71.8 Å². The largest absolute Gasteiger partial charge is 0.390 e. The quantitative estimate of drug-likeness (QED) is 0.403. The normalized spacial score (nSPS) is 21.0. The summed E-state index contributed by atoms with van der Waals surface area (Å²) in [6, 6.07) is 2.02. The highest BCUT2D eigenvalue weighted by molar-refractivity contribution is 5.97. The van der Waals surface area contributed by atoms with Crippen LogP contribution in [0.25, 0.3) is 0 Å². The van der Waals surface area contributed by atoms with Crippen LogP contribution < -0.4 is 5.32 Å². The molecule has 1 N–H and O–H groups in total. The van der Waals surface area contributed by atoms with Gasteiger partial charge in [0.15, 0.2) is 0 Å². The summed E-state index contributed by atoms with van der Waals surface area (Å²) in [7, 11) is 2.04. The molecule has 2 rings (SSSR count). The van der Waals surface area contributed by atoms with Crippen LogP contribution in [0.2, 0.25) is 0 Å². The Kier molecular flexibility index (Phi) is 7.33. The molecule has 128 valence electrons. The molecular weight excluding hydrogens is 294 g/mol. The third kappa shape index (κ3) is 5.82. The average Bonchev–Trinajstić information content (AvgIpc) is 2.59. The first kappa shape index (κ1) is 17.7. The summed E-state index contributed by atoms with van der Waals surface area (Å²) in [5.41, 5.74) is 0.195. The maximum absolute atomic E-state index is 12.3. The number of ether oxygens (including phenoxy) is 1. The number of likely N-dealkylation sites (N-methyl/N-ethyl adjacent to an activating group) is 1. The van der Waals surface area contributed by atoms with Gasteiger partial charge in [0.25, 0.3) is 5.91 Å². The zero-order chi connectivity index (χ0) is 16.5. The molecule has 0 aromatic heterocycles. The van der Waals surface area contributed by atoms with Crippen molar-refractivity contribution in [3.05, 3.63) is 11.8 Å². The van der Waals surface area contributed by atoms with Gasteiger partial charge in [-0.2, -0.15) is 5.26 Å². The Morgan fingerprint density at radius 3 is 2.57 bits per heavy atom. The van der Waals surface area contributed by atoms with Crippen LogP contribution in [0.5, 0.6) is 0 Å². The maximum Gasteiger partial charge on any atom is 0.266 e. The first-order valence-corrected chi connectivity index (χ1v) is 8.32. The van der Waals surface area contributed by atoms with Crippen LogP contribution in [0.4, 0.5) is 0 Å². The maximum atomic E-state index is 12.3. The van der Waals surface area contributed by atoms with Crippen molar-refractivity contribution in [2.45, 2.75) is 6.42 Å². The van der Waals surface area contributed by atoms with E-state index in [1.807, 2.05) is 13.1 Å². The molecule has 0 saturated carbocycles. The van der Waals surface area contributed by atoms with Crippen molar-refractivity contribution in [2.75, 3.05) is 72.6 Å². The lowest BCUT2D eigenvalue weighted by Gasteiger charge is -2.32. The van der Waals surface area contributed by atoms with Gasteiger partial charge in [0.05, 0.1) is 13.2 Å². The van der Waals surface area contributed by atoms with E-state index in [4.69, 9.17) is 4.74 Å². The van der Waals surface area contributed by atoms with Crippen molar-refractivity contribution >= 4 is 5.91 Å². The van der Waals surface area contributed by atoms with Gasteiger partial charge in [-0.3, -0.25) is 9.69 Å². The summed E-state index contributed by atoms with van der Waals surface area (Å²) in [5, 5.41) is 12.3. The molecule has 2 aliphatic rings. The summed E-state index contributed by atoms with van der Waals surface area (Å²) >= 11 is 0. The Labute approximate surface area is 138 Å². The highest BCUT2D eigenvalue weighted by atomic mass is 16.5. The number of morpholine rings is 1. The van der Waals surface area contributed by atoms with Gasteiger partial charge in [0.1, 0.15) is 11.6 Å². The number of carbonyl (C=O) groups is 1. The minimum atomic E-state index is -0.165. The minimum Gasteiger partial charge on any atom is -0.390 e. The second kappa shape index (κ2) is 9.50. The van der Waals surface area contributed by atoms with E-state index < -0.39 is 0 Å². The minimum absolute atomic E-state index is 0.165. The lowest BCUT2D eigenvalue weighted by atomic mass is 10.2. The van der Waals surface area contributed by atoms with E-state index >= 15 is 0 Å². The average molecular weight is 321 g/mol. The van der Waals surface area contributed by atoms with E-state index in [2.05, 4.69) is 15.1 Å². The molecule has 23 heavy (non-hydrogen) atoms. The molecule has 0 aliphatic carbocycles. The summed E-state index contributed by atoms with van der Waals surface area (Å²) in [6.07, 6.45) is 2.55. The second-order valence-electron chi connectivity index (χ2n) is 6.03. The van der Waals surface area contributed by atoms with Gasteiger partial charge >= 0.3 is 0 Å². The molecule has 0 aromatic rings. The number of amides is 1. The van der Waals surface area contributed by atoms with Gasteiger partial charge in [-0.1, -0.05) is 0 Å². The van der Waals surface area contributed by atoms with E-state index in [9.17, 15) is 10.1 Å². The van der Waals surface area contributed by atoms with Gasteiger partial charge in [0, 0.05) is 52.0 Å². The Bertz CT molecular complexity index is 446. The van der Waals surface area contributed by atoms with E-state index in [1.165, 1.54) is 0 Å². The molecule has 0 atom stereocenters. The lowest BCUT2D eigenvalue weighted by molar-refractivity contribution is -0.128. The zero-order valence-electron chi connectivity index (χ0n) is 14.0. The van der Waals surface area contributed by atoms with E-state index in [-0.39, 0.29) is 11.5 Å². The van der Waals surface area contributed by atoms with Crippen LogP contribution in [0, 0.1) is 11.3 Å². The van der Waals surface area contributed by atoms with Crippen LogP contribution in [-0.4, -0.2) is 93.2 Å². The van der Waals surface area contributed by atoms with Gasteiger partial charge in [-0.25, -0.2) is 0 Å². The Morgan fingerprint density at radius 2 is 1.91 bits per heavy atom. The third-order valence-corrected chi connectivity index (χ3v) is 4.29. The first-order chi connectivity index (χ1) is 11.2. The zero-order valence-corrected chi connectivity index (χ0v) is 14.0. The molecule has 0 bridgehead atoms. The fourth-order valence-electron chi connectivity index (χ4n) is 2.73. The van der Waals surface area contributed by atoms with Crippen LogP contribution in [0.15, 0.2) is 11.8 Å². The first-order valence-electron chi connectivity index (χ1n) is 8.32. The van der Waals surface area contributed by atoms with Crippen molar-refractivity contribution in [1.29, 1.82) is 5.26 Å². The molecule has 2 heterocycles. The number of piperazine rings is 1. The molecule has 0 spiro atoms. The van der Waals surface area contributed by atoms with Crippen LogP contribution in [-0.2, 0) is 9.53 Å². The molecule has 2 fully saturated rings. The lowest BCUT2D eigenvalue weighted by Crippen LogP contribution is -2.47. The standard InChI is InChI=1S/C16H27N5O2/c1-19-5-7-21(8-6-19)16(22)15(13-17)14-18-3-2-4-20-9-11-23-12-10-20/h14,18H,2-12H2,1H3/b15-14-. The van der Waals surface area contributed by atoms with Gasteiger partial charge in [0.2, 0.25) is 0 Å². The molecular formula is C16H27N5O2. The highest BCUT2D eigenvalue weighted by Gasteiger charge is 2.21. The molecule has 0 unspecified atom stereocenters. The summed E-state index contributed by atoms with van der Waals surface area (Å²) in [5.74, 6) is -0.165. The van der Waals surface area contributed by atoms with Crippen molar-refractivity contribution in [3.8, 4) is 6.07 Å². The number of rotatable bonds is 6. The number of carbonyl (C=O) groups excluding carboxylic acids is 1. The smallest absolute Gasteiger partial charge is 0.266 e. The number of hydrogen-bond acceptors (Lipinski definition) is 6. The van der Waals surface area contributed by atoms with Crippen LogP contribution in [0.1, 0.15) is 6.42 Å². The molecule has 7 heteroatoms. The van der Waals surface area contributed by atoms with Crippen molar-refractivity contribution in [3.63, 3.8) is 0 Å². The Balaban J connectivity index is 1.69. The second-order valence-corrected chi connectivity index (χ2v) is 6.03. The van der Waals surface area contributed by atoms with E-state index in [0.717, 1.165) is 58.9 Å². The van der Waals surface area contributed by atoms with Gasteiger partial charge < -0.3 is 19.9 Å².